The van der Waals surface area contributed by atoms with Gasteiger partial charge in [0, 0.05) is 24.9 Å². The predicted octanol–water partition coefficient (Wildman–Crippen LogP) is 3.14. The zero-order chi connectivity index (χ0) is 15.8. The highest BCUT2D eigenvalue weighted by atomic mass is 79.9. The normalized spacial score (nSPS) is 13.7. The lowest BCUT2D eigenvalue weighted by atomic mass is 9.89. The second-order valence-electron chi connectivity index (χ2n) is 6.23. The van der Waals surface area contributed by atoms with Gasteiger partial charge < -0.3 is 5.73 Å². The highest BCUT2D eigenvalue weighted by molar-refractivity contribution is 9.10. The zero-order valence-corrected chi connectivity index (χ0v) is 15.5. The number of rotatable bonds is 4. The van der Waals surface area contributed by atoms with Crippen LogP contribution in [0.4, 0.5) is 0 Å². The van der Waals surface area contributed by atoms with Gasteiger partial charge >= 0.3 is 0 Å². The van der Waals surface area contributed by atoms with Crippen LogP contribution in [0.3, 0.4) is 0 Å². The van der Waals surface area contributed by atoms with Gasteiger partial charge in [-0.2, -0.15) is 5.10 Å². The van der Waals surface area contributed by atoms with Gasteiger partial charge in [-0.1, -0.05) is 32.2 Å². The summed E-state index contributed by atoms with van der Waals surface area (Å²) in [5.41, 5.74) is 9.56. The van der Waals surface area contributed by atoms with Crippen molar-refractivity contribution in [1.82, 2.24) is 19.4 Å². The average molecular weight is 372 g/mol. The van der Waals surface area contributed by atoms with Crippen molar-refractivity contribution in [2.24, 2.45) is 12.8 Å². The molecular formula is C14H22BrN5S. The summed E-state index contributed by atoms with van der Waals surface area (Å²) in [6.45, 7) is 8.50. The first-order valence-corrected chi connectivity index (χ1v) is 8.60. The first-order valence-electron chi connectivity index (χ1n) is 7.04. The molecule has 1 unspecified atom stereocenters. The van der Waals surface area contributed by atoms with E-state index in [1.54, 1.807) is 0 Å². The van der Waals surface area contributed by atoms with E-state index in [1.165, 1.54) is 11.5 Å². The third kappa shape index (κ3) is 3.35. The van der Waals surface area contributed by atoms with Crippen molar-refractivity contribution in [3.05, 3.63) is 26.4 Å². The Balaban J connectivity index is 2.29. The van der Waals surface area contributed by atoms with Crippen molar-refractivity contribution in [3.8, 4) is 0 Å². The largest absolute Gasteiger partial charge is 0.323 e. The van der Waals surface area contributed by atoms with Crippen molar-refractivity contribution < 1.29 is 0 Å². The minimum Gasteiger partial charge on any atom is -0.323 e. The molecule has 0 radical (unpaired) electrons. The topological polar surface area (TPSA) is 69.6 Å². The van der Waals surface area contributed by atoms with Gasteiger partial charge in [-0.05, 0) is 33.9 Å². The maximum atomic E-state index is 6.43. The molecule has 7 heteroatoms. The summed E-state index contributed by atoms with van der Waals surface area (Å²) in [6, 6.07) is -0.115. The van der Waals surface area contributed by atoms with Crippen LogP contribution in [0.5, 0.6) is 0 Å². The number of hydrogen-bond donors (Lipinski definition) is 1. The minimum absolute atomic E-state index is 0.0434. The first-order chi connectivity index (χ1) is 9.75. The van der Waals surface area contributed by atoms with E-state index in [0.29, 0.717) is 0 Å². The van der Waals surface area contributed by atoms with Gasteiger partial charge in [0.05, 0.1) is 26.4 Å². The van der Waals surface area contributed by atoms with Gasteiger partial charge in [0.2, 0.25) is 0 Å². The Morgan fingerprint density at radius 1 is 1.38 bits per heavy atom. The van der Waals surface area contributed by atoms with Crippen molar-refractivity contribution in [2.45, 2.75) is 52.0 Å². The van der Waals surface area contributed by atoms with Gasteiger partial charge in [0.15, 0.2) is 0 Å². The van der Waals surface area contributed by atoms with Crippen LogP contribution in [0, 0.1) is 0 Å². The number of aryl methyl sites for hydroxylation is 2. The summed E-state index contributed by atoms with van der Waals surface area (Å²) in [6.07, 6.45) is 1.62. The standard InChI is InChI=1S/C14H22BrN5S/c1-6-9-11(15)10(20(5)18-9)7-8(16)12-13(14(2,3)4)17-19-21-12/h8H,6-7,16H2,1-5H3. The first kappa shape index (κ1) is 16.6. The maximum Gasteiger partial charge on any atom is 0.0857 e. The molecule has 0 bridgehead atoms. The van der Waals surface area contributed by atoms with Crippen LogP contribution in [-0.4, -0.2) is 19.4 Å². The molecule has 1 atom stereocenters. The molecule has 5 nitrogen and oxygen atoms in total. The Bertz CT molecular complexity index is 626. The Morgan fingerprint density at radius 3 is 2.57 bits per heavy atom. The highest BCUT2D eigenvalue weighted by Gasteiger charge is 2.27. The summed E-state index contributed by atoms with van der Waals surface area (Å²) < 4.78 is 7.07. The Kier molecular flexibility index (Phi) is 4.85. The molecule has 2 aromatic rings. The second-order valence-corrected chi connectivity index (χ2v) is 7.81. The van der Waals surface area contributed by atoms with Crippen molar-refractivity contribution >= 4 is 27.5 Å². The molecule has 0 aliphatic heterocycles. The Labute approximate surface area is 138 Å². The van der Waals surface area contributed by atoms with Crippen molar-refractivity contribution in [3.63, 3.8) is 0 Å². The SMILES string of the molecule is CCc1nn(C)c(CC(N)c2snnc2C(C)(C)C)c1Br. The second kappa shape index (κ2) is 6.14. The molecule has 21 heavy (non-hydrogen) atoms. The van der Waals surface area contributed by atoms with E-state index in [1.807, 2.05) is 11.7 Å². The van der Waals surface area contributed by atoms with E-state index in [4.69, 9.17) is 5.73 Å². The summed E-state index contributed by atoms with van der Waals surface area (Å²) in [7, 11) is 1.96. The molecule has 116 valence electrons. The number of nitrogens with zero attached hydrogens (tertiary/aromatic N) is 4. The molecular weight excluding hydrogens is 350 g/mol. The number of hydrogen-bond acceptors (Lipinski definition) is 5. The highest BCUT2D eigenvalue weighted by Crippen LogP contribution is 2.32. The lowest BCUT2D eigenvalue weighted by Gasteiger charge is -2.19. The van der Waals surface area contributed by atoms with Gasteiger partial charge in [-0.25, -0.2) is 0 Å². The quantitative estimate of drug-likeness (QED) is 0.895. The molecule has 0 saturated heterocycles. The van der Waals surface area contributed by atoms with Crippen molar-refractivity contribution in [1.29, 1.82) is 0 Å². The number of nitrogens with two attached hydrogens (primary N) is 1. The van der Waals surface area contributed by atoms with Gasteiger partial charge in [0.25, 0.3) is 0 Å². The van der Waals surface area contributed by atoms with E-state index in [-0.39, 0.29) is 11.5 Å². The smallest absolute Gasteiger partial charge is 0.0857 e. The van der Waals surface area contributed by atoms with Crippen LogP contribution in [0.25, 0.3) is 0 Å². The fourth-order valence-corrected chi connectivity index (χ4v) is 3.94. The fourth-order valence-electron chi connectivity index (χ4n) is 2.30. The molecule has 2 rings (SSSR count). The molecule has 0 aromatic carbocycles. The van der Waals surface area contributed by atoms with E-state index in [9.17, 15) is 0 Å². The van der Waals surface area contributed by atoms with Crippen molar-refractivity contribution in [2.75, 3.05) is 0 Å². The van der Waals surface area contributed by atoms with E-state index < -0.39 is 0 Å². The Morgan fingerprint density at radius 2 is 2.05 bits per heavy atom. The number of aromatic nitrogens is 4. The van der Waals surface area contributed by atoms with Gasteiger partial charge in [-0.3, -0.25) is 4.68 Å². The fraction of sp³-hybridized carbons (Fsp3) is 0.643. The summed E-state index contributed by atoms with van der Waals surface area (Å²) in [4.78, 5) is 1.06. The minimum atomic E-state index is -0.115. The number of halogens is 1. The van der Waals surface area contributed by atoms with E-state index in [0.717, 1.165) is 39.3 Å². The van der Waals surface area contributed by atoms with Crippen LogP contribution in [0.2, 0.25) is 0 Å². The van der Waals surface area contributed by atoms with Crippen LogP contribution in [0.1, 0.15) is 55.7 Å². The average Bonchev–Trinajstić information content (AvgIpc) is 2.98. The third-order valence-corrected chi connectivity index (χ3v) is 5.25. The van der Waals surface area contributed by atoms with Gasteiger partial charge in [0.1, 0.15) is 0 Å². The van der Waals surface area contributed by atoms with Crippen LogP contribution in [0.15, 0.2) is 4.47 Å². The van der Waals surface area contributed by atoms with Gasteiger partial charge in [-0.15, -0.1) is 5.10 Å². The van der Waals surface area contributed by atoms with Crippen LogP contribution < -0.4 is 5.73 Å². The van der Waals surface area contributed by atoms with E-state index in [2.05, 4.69) is 58.3 Å². The zero-order valence-electron chi connectivity index (χ0n) is 13.1. The molecule has 2 N–H and O–H groups in total. The summed E-state index contributed by atoms with van der Waals surface area (Å²) in [5, 5.41) is 8.79. The molecule has 0 spiro atoms. The predicted molar refractivity (Wildman–Crippen MR) is 89.5 cm³/mol. The van der Waals surface area contributed by atoms with Crippen LogP contribution in [-0.2, 0) is 25.3 Å². The third-order valence-electron chi connectivity index (χ3n) is 3.48. The Hall–Kier alpha value is -0.790. The lowest BCUT2D eigenvalue weighted by molar-refractivity contribution is 0.547. The molecule has 0 fully saturated rings. The molecule has 0 aliphatic rings. The van der Waals surface area contributed by atoms with E-state index >= 15 is 0 Å². The molecule has 2 heterocycles. The molecule has 0 aliphatic carbocycles. The van der Waals surface area contributed by atoms with Crippen LogP contribution >= 0.6 is 27.5 Å². The molecule has 0 amide bonds. The maximum absolute atomic E-state index is 6.43. The molecule has 2 aromatic heterocycles. The lowest BCUT2D eigenvalue weighted by Crippen LogP contribution is -2.21. The monoisotopic (exact) mass is 371 g/mol. The summed E-state index contributed by atoms with van der Waals surface area (Å²) >= 11 is 5.04. The molecule has 0 saturated carbocycles. The summed E-state index contributed by atoms with van der Waals surface area (Å²) in [5.74, 6) is 0.